The zero-order valence-electron chi connectivity index (χ0n) is 17.6. The molecule has 2 aromatic rings. The van der Waals surface area contributed by atoms with Crippen LogP contribution in [0, 0.1) is 0 Å². The maximum atomic E-state index is 12.3. The normalized spacial score (nSPS) is 12.0. The van der Waals surface area contributed by atoms with Crippen molar-refractivity contribution >= 4 is 5.97 Å². The molecule has 0 saturated carbocycles. The second-order valence-electron chi connectivity index (χ2n) is 7.49. The minimum Gasteiger partial charge on any atom is -0.459 e. The van der Waals surface area contributed by atoms with E-state index in [2.05, 4.69) is 23.8 Å². The highest BCUT2D eigenvalue weighted by Crippen LogP contribution is 2.18. The van der Waals surface area contributed by atoms with Gasteiger partial charge in [-0.15, -0.1) is 0 Å². The number of ether oxygens (including phenoxy) is 1. The molecule has 4 nitrogen and oxygen atoms in total. The molecule has 0 aliphatic rings. The smallest absolute Gasteiger partial charge is 0.338 e. The van der Waals surface area contributed by atoms with Crippen LogP contribution in [-0.2, 0) is 11.2 Å². The average Bonchev–Trinajstić information content (AvgIpc) is 2.72. The van der Waals surface area contributed by atoms with Crippen LogP contribution in [0.3, 0.4) is 0 Å². The number of hydrogen-bond donors (Lipinski definition) is 0. The Bertz CT molecular complexity index is 696. The Labute approximate surface area is 169 Å². The van der Waals surface area contributed by atoms with Crippen LogP contribution >= 0.6 is 0 Å². The van der Waals surface area contributed by atoms with Gasteiger partial charge in [0.2, 0.25) is 0 Å². The average molecular weight is 383 g/mol. The summed E-state index contributed by atoms with van der Waals surface area (Å²) in [5.41, 5.74) is 3.39. The molecular weight excluding hydrogens is 348 g/mol. The molecule has 28 heavy (non-hydrogen) atoms. The lowest BCUT2D eigenvalue weighted by molar-refractivity contribution is 0.0319. The third-order valence-corrected chi connectivity index (χ3v) is 4.93. The Hall–Kier alpha value is -2.23. The lowest BCUT2D eigenvalue weighted by Crippen LogP contribution is -2.15. The van der Waals surface area contributed by atoms with E-state index in [1.54, 1.807) is 12.1 Å². The zero-order valence-corrected chi connectivity index (χ0v) is 17.6. The van der Waals surface area contributed by atoms with E-state index in [0.717, 1.165) is 42.6 Å². The molecule has 0 amide bonds. The van der Waals surface area contributed by atoms with Crippen molar-refractivity contribution in [2.75, 3.05) is 0 Å². The first-order valence-electron chi connectivity index (χ1n) is 10.8. The fourth-order valence-electron chi connectivity index (χ4n) is 3.13. The number of nitrogens with zero attached hydrogens (tertiary/aromatic N) is 2. The number of benzene rings is 1. The van der Waals surface area contributed by atoms with Crippen LogP contribution in [-0.4, -0.2) is 22.0 Å². The van der Waals surface area contributed by atoms with E-state index in [4.69, 9.17) is 4.74 Å². The summed E-state index contributed by atoms with van der Waals surface area (Å²) in [6, 6.07) is 7.42. The predicted octanol–water partition coefficient (Wildman–Crippen LogP) is 6.39. The van der Waals surface area contributed by atoms with Crippen LogP contribution in [0.2, 0.25) is 0 Å². The van der Waals surface area contributed by atoms with Crippen LogP contribution in [0.15, 0.2) is 36.7 Å². The molecule has 2 rings (SSSR count). The Morgan fingerprint density at radius 2 is 1.64 bits per heavy atom. The molecule has 0 fully saturated rings. The molecule has 0 spiro atoms. The monoisotopic (exact) mass is 382 g/mol. The van der Waals surface area contributed by atoms with Gasteiger partial charge in [0.15, 0.2) is 0 Å². The van der Waals surface area contributed by atoms with E-state index in [1.165, 1.54) is 32.1 Å². The second kappa shape index (κ2) is 12.3. The molecule has 1 atom stereocenters. The number of carbonyl (C=O) groups is 1. The van der Waals surface area contributed by atoms with Gasteiger partial charge < -0.3 is 4.74 Å². The molecule has 0 saturated heterocycles. The molecule has 0 radical (unpaired) electrons. The zero-order chi connectivity index (χ0) is 20.2. The Morgan fingerprint density at radius 3 is 2.29 bits per heavy atom. The Balaban J connectivity index is 1.87. The van der Waals surface area contributed by atoms with Crippen molar-refractivity contribution in [3.8, 4) is 11.3 Å². The van der Waals surface area contributed by atoms with Gasteiger partial charge >= 0.3 is 5.97 Å². The molecule has 0 unspecified atom stereocenters. The van der Waals surface area contributed by atoms with Crippen LogP contribution < -0.4 is 0 Å². The van der Waals surface area contributed by atoms with Gasteiger partial charge in [0.1, 0.15) is 0 Å². The molecule has 0 bridgehead atoms. The number of aryl methyl sites for hydroxylation is 1. The first-order chi connectivity index (χ1) is 13.6. The lowest BCUT2D eigenvalue weighted by atomic mass is 10.1. The van der Waals surface area contributed by atoms with Crippen LogP contribution in [0.25, 0.3) is 11.3 Å². The first-order valence-corrected chi connectivity index (χ1v) is 10.8. The highest BCUT2D eigenvalue weighted by Gasteiger charge is 2.12. The standard InChI is InChI=1S/C24H34N2O2/c1-4-6-8-10-11-19(3)28-24(27)21-15-13-20(14-16-21)23-18-25-22(17-26-23)12-9-7-5-2/h13-19H,4-12H2,1-3H3/t19-/m1/s1. The minimum atomic E-state index is -0.258. The summed E-state index contributed by atoms with van der Waals surface area (Å²) >= 11 is 0. The maximum Gasteiger partial charge on any atom is 0.338 e. The number of aromatic nitrogens is 2. The van der Waals surface area contributed by atoms with Gasteiger partial charge in [0.25, 0.3) is 0 Å². The van der Waals surface area contributed by atoms with E-state index in [0.29, 0.717) is 5.56 Å². The van der Waals surface area contributed by atoms with E-state index in [9.17, 15) is 4.79 Å². The molecule has 0 N–H and O–H groups in total. The third kappa shape index (κ3) is 7.41. The molecule has 152 valence electrons. The van der Waals surface area contributed by atoms with Crippen molar-refractivity contribution in [2.45, 2.75) is 84.7 Å². The lowest BCUT2D eigenvalue weighted by Gasteiger charge is -2.13. The van der Waals surface area contributed by atoms with E-state index >= 15 is 0 Å². The van der Waals surface area contributed by atoms with E-state index < -0.39 is 0 Å². The van der Waals surface area contributed by atoms with Crippen molar-refractivity contribution in [3.63, 3.8) is 0 Å². The molecule has 1 aromatic heterocycles. The van der Waals surface area contributed by atoms with Gasteiger partial charge in [-0.25, -0.2) is 4.79 Å². The summed E-state index contributed by atoms with van der Waals surface area (Å²) in [4.78, 5) is 21.3. The van der Waals surface area contributed by atoms with E-state index in [-0.39, 0.29) is 12.1 Å². The Morgan fingerprint density at radius 1 is 0.929 bits per heavy atom. The quantitative estimate of drug-likeness (QED) is 0.315. The molecular formula is C24H34N2O2. The Kier molecular flexibility index (Phi) is 9.67. The summed E-state index contributed by atoms with van der Waals surface area (Å²) in [6.45, 7) is 6.36. The summed E-state index contributed by atoms with van der Waals surface area (Å²) in [6.07, 6.45) is 13.9. The van der Waals surface area contributed by atoms with E-state index in [1.807, 2.05) is 31.5 Å². The van der Waals surface area contributed by atoms with Crippen LogP contribution in [0.5, 0.6) is 0 Å². The fourth-order valence-corrected chi connectivity index (χ4v) is 3.13. The number of esters is 1. The van der Waals surface area contributed by atoms with Gasteiger partial charge in [0.05, 0.1) is 29.3 Å². The number of hydrogen-bond acceptors (Lipinski definition) is 4. The van der Waals surface area contributed by atoms with Crippen molar-refractivity contribution in [1.29, 1.82) is 0 Å². The number of unbranched alkanes of at least 4 members (excludes halogenated alkanes) is 5. The number of carbonyl (C=O) groups excluding carboxylic acids is 1. The molecule has 0 aliphatic carbocycles. The van der Waals surface area contributed by atoms with Gasteiger partial charge in [-0.1, -0.05) is 58.1 Å². The van der Waals surface area contributed by atoms with Gasteiger partial charge in [-0.3, -0.25) is 9.97 Å². The molecule has 0 aliphatic heterocycles. The topological polar surface area (TPSA) is 52.1 Å². The van der Waals surface area contributed by atoms with Gasteiger partial charge in [-0.05, 0) is 44.7 Å². The second-order valence-corrected chi connectivity index (χ2v) is 7.49. The van der Waals surface area contributed by atoms with Crippen molar-refractivity contribution in [2.24, 2.45) is 0 Å². The molecule has 1 heterocycles. The van der Waals surface area contributed by atoms with Crippen molar-refractivity contribution in [1.82, 2.24) is 9.97 Å². The third-order valence-electron chi connectivity index (χ3n) is 4.93. The van der Waals surface area contributed by atoms with Crippen LogP contribution in [0.4, 0.5) is 0 Å². The van der Waals surface area contributed by atoms with Crippen LogP contribution in [0.1, 0.15) is 88.2 Å². The largest absolute Gasteiger partial charge is 0.459 e. The SMILES string of the molecule is CCCCCC[C@@H](C)OC(=O)c1ccc(-c2cnc(CCCCC)cn2)cc1. The van der Waals surface area contributed by atoms with Gasteiger partial charge in [-0.2, -0.15) is 0 Å². The van der Waals surface area contributed by atoms with Crippen molar-refractivity contribution in [3.05, 3.63) is 47.9 Å². The molecule has 1 aromatic carbocycles. The number of rotatable bonds is 12. The predicted molar refractivity (Wildman–Crippen MR) is 114 cm³/mol. The summed E-state index contributed by atoms with van der Waals surface area (Å²) < 4.78 is 5.56. The highest BCUT2D eigenvalue weighted by molar-refractivity contribution is 5.90. The first kappa shape index (κ1) is 22.1. The summed E-state index contributed by atoms with van der Waals surface area (Å²) in [5.74, 6) is -0.258. The summed E-state index contributed by atoms with van der Waals surface area (Å²) in [5, 5.41) is 0. The summed E-state index contributed by atoms with van der Waals surface area (Å²) in [7, 11) is 0. The minimum absolute atomic E-state index is 0.0462. The highest BCUT2D eigenvalue weighted by atomic mass is 16.5. The maximum absolute atomic E-state index is 12.3. The molecule has 4 heteroatoms. The fraction of sp³-hybridized carbons (Fsp3) is 0.542. The van der Waals surface area contributed by atoms with Crippen molar-refractivity contribution < 1.29 is 9.53 Å². The van der Waals surface area contributed by atoms with Gasteiger partial charge in [0, 0.05) is 11.8 Å².